The maximum atomic E-state index is 10.9. The van der Waals surface area contributed by atoms with Crippen LogP contribution in [0, 0.1) is 6.57 Å². The van der Waals surface area contributed by atoms with E-state index >= 15 is 0 Å². The fourth-order valence-electron chi connectivity index (χ4n) is 1.08. The molecule has 0 N–H and O–H groups in total. The van der Waals surface area contributed by atoms with Crippen LogP contribution in [-0.2, 0) is 0 Å². The Morgan fingerprint density at radius 3 is 2.67 bits per heavy atom. The molecule has 0 saturated carbocycles. The summed E-state index contributed by atoms with van der Waals surface area (Å²) in [6, 6.07) is 4.56. The number of benzene rings is 1. The van der Waals surface area contributed by atoms with E-state index in [2.05, 4.69) is 4.85 Å². The van der Waals surface area contributed by atoms with E-state index < -0.39 is 5.24 Å². The second-order valence-corrected chi connectivity index (χ2v) is 3.58. The van der Waals surface area contributed by atoms with Crippen LogP contribution in [0.2, 0.25) is 0 Å². The van der Waals surface area contributed by atoms with Crippen LogP contribution < -0.4 is 4.74 Å². The van der Waals surface area contributed by atoms with Gasteiger partial charge in [0.25, 0.3) is 5.24 Å². The summed E-state index contributed by atoms with van der Waals surface area (Å²) in [7, 11) is 0. The van der Waals surface area contributed by atoms with Gasteiger partial charge in [0.15, 0.2) is 0 Å². The van der Waals surface area contributed by atoms with Crippen LogP contribution in [0.3, 0.4) is 0 Å². The Labute approximate surface area is 93.4 Å². The number of rotatable bonds is 3. The molecular formula is C11H10ClNO2. The fourth-order valence-corrected chi connectivity index (χ4v) is 1.20. The molecule has 0 aromatic heterocycles. The highest BCUT2D eigenvalue weighted by Crippen LogP contribution is 2.30. The van der Waals surface area contributed by atoms with Gasteiger partial charge in [-0.15, -0.1) is 0 Å². The first-order valence-corrected chi connectivity index (χ1v) is 4.80. The van der Waals surface area contributed by atoms with Gasteiger partial charge in [-0.05, 0) is 43.6 Å². The molecule has 0 amide bonds. The van der Waals surface area contributed by atoms with E-state index in [1.807, 2.05) is 13.8 Å². The Hall–Kier alpha value is -1.53. The molecule has 0 aliphatic carbocycles. The molecule has 1 aromatic carbocycles. The lowest BCUT2D eigenvalue weighted by Crippen LogP contribution is -2.05. The van der Waals surface area contributed by atoms with Gasteiger partial charge in [0.05, 0.1) is 12.7 Å². The summed E-state index contributed by atoms with van der Waals surface area (Å²) in [6.07, 6.45) is -0.0111. The van der Waals surface area contributed by atoms with Crippen LogP contribution in [-0.4, -0.2) is 11.3 Å². The average Bonchev–Trinajstić information content (AvgIpc) is 2.17. The van der Waals surface area contributed by atoms with Gasteiger partial charge >= 0.3 is 0 Å². The van der Waals surface area contributed by atoms with Crippen molar-refractivity contribution in [2.24, 2.45) is 0 Å². The van der Waals surface area contributed by atoms with E-state index in [0.29, 0.717) is 17.0 Å². The first-order valence-electron chi connectivity index (χ1n) is 4.42. The van der Waals surface area contributed by atoms with Crippen LogP contribution in [0.15, 0.2) is 18.2 Å². The highest BCUT2D eigenvalue weighted by Gasteiger charge is 2.09. The number of carbonyl (C=O) groups is 1. The number of hydrogen-bond acceptors (Lipinski definition) is 2. The third-order valence-electron chi connectivity index (χ3n) is 1.67. The largest absolute Gasteiger partial charge is 0.502 e. The van der Waals surface area contributed by atoms with Crippen molar-refractivity contribution in [2.75, 3.05) is 0 Å². The van der Waals surface area contributed by atoms with Gasteiger partial charge < -0.3 is 4.74 Å². The van der Waals surface area contributed by atoms with Crippen molar-refractivity contribution >= 4 is 22.5 Å². The molecule has 1 rings (SSSR count). The summed E-state index contributed by atoms with van der Waals surface area (Å²) in [5.74, 6) is 0.474. The van der Waals surface area contributed by atoms with Crippen LogP contribution in [0.1, 0.15) is 24.2 Å². The molecule has 0 unspecified atom stereocenters. The van der Waals surface area contributed by atoms with Crippen molar-refractivity contribution in [1.82, 2.24) is 0 Å². The molecule has 0 aliphatic rings. The molecule has 15 heavy (non-hydrogen) atoms. The van der Waals surface area contributed by atoms with Crippen LogP contribution in [0.5, 0.6) is 5.75 Å². The minimum atomic E-state index is -0.573. The van der Waals surface area contributed by atoms with E-state index in [0.717, 1.165) is 0 Å². The Kier molecular flexibility index (Phi) is 3.70. The quantitative estimate of drug-likeness (QED) is 0.581. The molecule has 0 heterocycles. The highest BCUT2D eigenvalue weighted by molar-refractivity contribution is 6.67. The second-order valence-electron chi connectivity index (χ2n) is 3.23. The molecule has 3 nitrogen and oxygen atoms in total. The summed E-state index contributed by atoms with van der Waals surface area (Å²) in [6.45, 7) is 10.7. The molecule has 0 fully saturated rings. The van der Waals surface area contributed by atoms with Crippen molar-refractivity contribution in [3.8, 4) is 5.75 Å². The predicted octanol–water partition coefficient (Wildman–Crippen LogP) is 3.40. The zero-order valence-corrected chi connectivity index (χ0v) is 9.21. The lowest BCUT2D eigenvalue weighted by molar-refractivity contribution is 0.108. The molecule has 0 atom stereocenters. The third-order valence-corrected chi connectivity index (χ3v) is 1.89. The summed E-state index contributed by atoms with van der Waals surface area (Å²) < 4.78 is 5.40. The van der Waals surface area contributed by atoms with Gasteiger partial charge in [0, 0.05) is 5.56 Å². The maximum absolute atomic E-state index is 10.9. The number of ether oxygens (including phenoxy) is 1. The molecule has 0 spiro atoms. The average molecular weight is 224 g/mol. The van der Waals surface area contributed by atoms with Crippen molar-refractivity contribution < 1.29 is 9.53 Å². The van der Waals surface area contributed by atoms with E-state index in [4.69, 9.17) is 22.9 Å². The molecular weight excluding hydrogens is 214 g/mol. The fraction of sp³-hybridized carbons (Fsp3) is 0.273. The van der Waals surface area contributed by atoms with Crippen molar-refractivity contribution in [3.63, 3.8) is 0 Å². The number of nitrogens with zero attached hydrogens (tertiary/aromatic N) is 1. The molecule has 0 radical (unpaired) electrons. The Morgan fingerprint density at radius 1 is 1.53 bits per heavy atom. The van der Waals surface area contributed by atoms with Gasteiger partial charge in [-0.25, -0.2) is 4.85 Å². The number of hydrogen-bond donors (Lipinski definition) is 0. The smallest absolute Gasteiger partial charge is 0.251 e. The highest BCUT2D eigenvalue weighted by atomic mass is 35.5. The van der Waals surface area contributed by atoms with Crippen molar-refractivity contribution in [1.29, 1.82) is 0 Å². The lowest BCUT2D eigenvalue weighted by Gasteiger charge is -2.11. The Morgan fingerprint density at radius 2 is 2.20 bits per heavy atom. The van der Waals surface area contributed by atoms with Gasteiger partial charge in [-0.1, -0.05) is 0 Å². The minimum Gasteiger partial charge on any atom is -0.502 e. The normalized spacial score (nSPS) is 9.80. The van der Waals surface area contributed by atoms with Gasteiger partial charge in [-0.2, -0.15) is 0 Å². The molecule has 0 saturated heterocycles. The van der Waals surface area contributed by atoms with Gasteiger partial charge in [0.1, 0.15) is 5.75 Å². The maximum Gasteiger partial charge on any atom is 0.251 e. The zero-order valence-electron chi connectivity index (χ0n) is 8.45. The summed E-state index contributed by atoms with van der Waals surface area (Å²) in [4.78, 5) is 14.1. The van der Waals surface area contributed by atoms with E-state index in [-0.39, 0.29) is 6.10 Å². The van der Waals surface area contributed by atoms with Crippen molar-refractivity contribution in [3.05, 3.63) is 35.2 Å². The third kappa shape index (κ3) is 2.97. The number of carbonyl (C=O) groups excluding carboxylic acids is 1. The summed E-state index contributed by atoms with van der Waals surface area (Å²) >= 11 is 5.31. The molecule has 1 aromatic rings. The Bertz CT molecular complexity index is 421. The Balaban J connectivity index is 3.11. The summed E-state index contributed by atoms with van der Waals surface area (Å²) in [5, 5.41) is -0.573. The second kappa shape index (κ2) is 4.81. The first-order chi connectivity index (χ1) is 7.04. The molecule has 0 bridgehead atoms. The lowest BCUT2D eigenvalue weighted by atomic mass is 10.2. The summed E-state index contributed by atoms with van der Waals surface area (Å²) in [5.41, 5.74) is 0.606. The zero-order chi connectivity index (χ0) is 11.4. The minimum absolute atomic E-state index is 0.0111. The standard InChI is InChI=1S/C11H10ClNO2/c1-7(2)15-10-5-4-8(11(12)14)6-9(10)13-3/h4-7H,1-2H3. The van der Waals surface area contributed by atoms with Crippen LogP contribution in [0.4, 0.5) is 5.69 Å². The van der Waals surface area contributed by atoms with E-state index in [1.165, 1.54) is 6.07 Å². The van der Waals surface area contributed by atoms with Crippen LogP contribution in [0.25, 0.3) is 4.85 Å². The van der Waals surface area contributed by atoms with Crippen molar-refractivity contribution in [2.45, 2.75) is 20.0 Å². The predicted molar refractivity (Wildman–Crippen MR) is 58.7 cm³/mol. The van der Waals surface area contributed by atoms with E-state index in [1.54, 1.807) is 12.1 Å². The first kappa shape index (κ1) is 11.5. The van der Waals surface area contributed by atoms with Gasteiger partial charge in [-0.3, -0.25) is 4.79 Å². The molecule has 4 heteroatoms. The monoisotopic (exact) mass is 223 g/mol. The topological polar surface area (TPSA) is 30.7 Å². The molecule has 78 valence electrons. The number of halogens is 1. The molecule has 0 aliphatic heterocycles. The van der Waals surface area contributed by atoms with E-state index in [9.17, 15) is 4.79 Å². The van der Waals surface area contributed by atoms with Crippen LogP contribution >= 0.6 is 11.6 Å². The SMILES string of the molecule is [C-]#[N+]c1cc(C(=O)Cl)ccc1OC(C)C. The van der Waals surface area contributed by atoms with Gasteiger partial charge in [0.2, 0.25) is 5.69 Å².